The first-order valence-corrected chi connectivity index (χ1v) is 6.69. The van der Waals surface area contributed by atoms with Crippen molar-refractivity contribution >= 4 is 16.9 Å². The third kappa shape index (κ3) is 4.32. The molecule has 0 saturated carbocycles. The van der Waals surface area contributed by atoms with Crippen molar-refractivity contribution in [3.8, 4) is 5.75 Å². The number of fused-ring (bicyclic) bond motifs is 1. The number of ether oxygens (including phenoxy) is 1. The highest BCUT2D eigenvalue weighted by Gasteiger charge is 2.06. The molecular formula is C15H18N2O4. The molecule has 2 rings (SSSR count). The molecule has 0 aliphatic heterocycles. The maximum atomic E-state index is 11.6. The fourth-order valence-corrected chi connectivity index (χ4v) is 1.70. The second-order valence-electron chi connectivity index (χ2n) is 4.74. The maximum absolute atomic E-state index is 11.6. The molecule has 1 atom stereocenters. The van der Waals surface area contributed by atoms with E-state index < -0.39 is 5.63 Å². The number of nitrogens with one attached hydrogen (secondary N) is 2. The Morgan fingerprint density at radius 3 is 2.86 bits per heavy atom. The Morgan fingerprint density at radius 1 is 1.33 bits per heavy atom. The molecular weight excluding hydrogens is 272 g/mol. The number of carbonyl (C=O) groups is 1. The Morgan fingerprint density at radius 2 is 2.10 bits per heavy atom. The Bertz CT molecular complexity index is 681. The van der Waals surface area contributed by atoms with Crippen molar-refractivity contribution in [1.82, 2.24) is 10.6 Å². The zero-order valence-electron chi connectivity index (χ0n) is 12.0. The minimum Gasteiger partial charge on any atom is -0.484 e. The van der Waals surface area contributed by atoms with Crippen LogP contribution in [0.4, 0.5) is 0 Å². The fourth-order valence-electron chi connectivity index (χ4n) is 1.70. The maximum Gasteiger partial charge on any atom is 0.336 e. The Hall–Kier alpha value is -2.34. The lowest BCUT2D eigenvalue weighted by atomic mass is 10.2. The topological polar surface area (TPSA) is 80.6 Å². The quantitative estimate of drug-likeness (QED) is 0.773. The highest BCUT2D eigenvalue weighted by molar-refractivity contribution is 5.79. The molecule has 0 aliphatic rings. The largest absolute Gasteiger partial charge is 0.484 e. The average molecular weight is 290 g/mol. The predicted octanol–water partition coefficient (Wildman–Crippen LogP) is 0.896. The van der Waals surface area contributed by atoms with E-state index in [1.54, 1.807) is 24.3 Å². The summed E-state index contributed by atoms with van der Waals surface area (Å²) in [6.07, 6.45) is 0. The molecule has 112 valence electrons. The number of benzene rings is 1. The molecule has 21 heavy (non-hydrogen) atoms. The van der Waals surface area contributed by atoms with Gasteiger partial charge in [-0.05, 0) is 32.2 Å². The first-order valence-electron chi connectivity index (χ1n) is 6.69. The van der Waals surface area contributed by atoms with Crippen molar-refractivity contribution < 1.29 is 13.9 Å². The summed E-state index contributed by atoms with van der Waals surface area (Å²) in [6.45, 7) is 2.41. The summed E-state index contributed by atoms with van der Waals surface area (Å²) in [4.78, 5) is 22.8. The van der Waals surface area contributed by atoms with Gasteiger partial charge in [0, 0.05) is 30.1 Å². The molecule has 0 saturated heterocycles. The molecule has 0 spiro atoms. The van der Waals surface area contributed by atoms with Crippen molar-refractivity contribution in [2.24, 2.45) is 0 Å². The third-order valence-electron chi connectivity index (χ3n) is 3.06. The van der Waals surface area contributed by atoms with E-state index in [0.29, 0.717) is 17.9 Å². The summed E-state index contributed by atoms with van der Waals surface area (Å²) in [5.74, 6) is 0.278. The molecule has 2 aromatic rings. The Balaban J connectivity index is 1.94. The molecule has 1 unspecified atom stereocenters. The second kappa shape index (κ2) is 6.90. The van der Waals surface area contributed by atoms with Crippen molar-refractivity contribution in [3.63, 3.8) is 0 Å². The van der Waals surface area contributed by atoms with E-state index in [2.05, 4.69) is 10.6 Å². The van der Waals surface area contributed by atoms with Crippen molar-refractivity contribution in [3.05, 3.63) is 40.8 Å². The zero-order valence-corrected chi connectivity index (χ0v) is 12.0. The van der Waals surface area contributed by atoms with Crippen LogP contribution in [-0.2, 0) is 4.79 Å². The molecule has 0 bridgehead atoms. The van der Waals surface area contributed by atoms with Crippen LogP contribution in [0.3, 0.4) is 0 Å². The van der Waals surface area contributed by atoms with Gasteiger partial charge in [-0.2, -0.15) is 0 Å². The van der Waals surface area contributed by atoms with Crippen molar-refractivity contribution in [1.29, 1.82) is 0 Å². The second-order valence-corrected chi connectivity index (χ2v) is 4.74. The summed E-state index contributed by atoms with van der Waals surface area (Å²) < 4.78 is 10.4. The number of carbonyl (C=O) groups excluding carboxylic acids is 1. The van der Waals surface area contributed by atoms with E-state index in [9.17, 15) is 9.59 Å². The van der Waals surface area contributed by atoms with Crippen LogP contribution in [0.1, 0.15) is 6.92 Å². The van der Waals surface area contributed by atoms with Gasteiger partial charge in [-0.25, -0.2) is 4.79 Å². The molecule has 0 aliphatic carbocycles. The summed E-state index contributed by atoms with van der Waals surface area (Å²) in [5.41, 5.74) is 0.0164. The Kier molecular flexibility index (Phi) is 4.94. The van der Waals surface area contributed by atoms with E-state index in [0.717, 1.165) is 5.39 Å². The van der Waals surface area contributed by atoms with Crippen LogP contribution in [0.15, 0.2) is 39.5 Å². The van der Waals surface area contributed by atoms with E-state index in [-0.39, 0.29) is 18.6 Å². The highest BCUT2D eigenvalue weighted by Crippen LogP contribution is 2.19. The molecule has 1 amide bonds. The lowest BCUT2D eigenvalue weighted by Gasteiger charge is -2.12. The average Bonchev–Trinajstić information content (AvgIpc) is 2.49. The summed E-state index contributed by atoms with van der Waals surface area (Å²) in [6, 6.07) is 8.33. The van der Waals surface area contributed by atoms with Gasteiger partial charge >= 0.3 is 5.63 Å². The first-order chi connectivity index (χ1) is 10.1. The number of hydrogen-bond donors (Lipinski definition) is 2. The molecule has 1 heterocycles. The van der Waals surface area contributed by atoms with Gasteiger partial charge < -0.3 is 19.8 Å². The Labute approximate surface area is 122 Å². The SMILES string of the molecule is CNC(C)CNC(=O)COc1ccc2ccc(=O)oc2c1. The van der Waals surface area contributed by atoms with E-state index in [1.165, 1.54) is 6.07 Å². The van der Waals surface area contributed by atoms with Gasteiger partial charge in [0.05, 0.1) is 0 Å². The van der Waals surface area contributed by atoms with Crippen LogP contribution < -0.4 is 21.0 Å². The van der Waals surface area contributed by atoms with Crippen LogP contribution in [-0.4, -0.2) is 32.1 Å². The van der Waals surface area contributed by atoms with Gasteiger partial charge in [-0.15, -0.1) is 0 Å². The molecule has 0 fully saturated rings. The number of likely N-dealkylation sites (N-methyl/N-ethyl adjacent to an activating group) is 1. The minimum absolute atomic E-state index is 0.0843. The predicted molar refractivity (Wildman–Crippen MR) is 79.5 cm³/mol. The summed E-state index contributed by atoms with van der Waals surface area (Å²) in [5, 5.41) is 6.57. The molecule has 6 heteroatoms. The molecule has 1 aromatic heterocycles. The summed E-state index contributed by atoms with van der Waals surface area (Å²) in [7, 11) is 1.83. The standard InChI is InChI=1S/C15H18N2O4/c1-10(16-2)8-17-14(18)9-20-12-5-3-11-4-6-15(19)21-13(11)7-12/h3-7,10,16H,8-9H2,1-2H3,(H,17,18). The van der Waals surface area contributed by atoms with Gasteiger partial charge in [0.2, 0.25) is 0 Å². The molecule has 2 N–H and O–H groups in total. The zero-order chi connectivity index (χ0) is 15.2. The van der Waals surface area contributed by atoms with Crippen LogP contribution in [0.25, 0.3) is 11.0 Å². The minimum atomic E-state index is -0.418. The summed E-state index contributed by atoms with van der Waals surface area (Å²) >= 11 is 0. The molecule has 0 radical (unpaired) electrons. The van der Waals surface area contributed by atoms with Crippen LogP contribution >= 0.6 is 0 Å². The van der Waals surface area contributed by atoms with Crippen LogP contribution in [0.5, 0.6) is 5.75 Å². The van der Waals surface area contributed by atoms with Crippen LogP contribution in [0, 0.1) is 0 Å². The van der Waals surface area contributed by atoms with Gasteiger partial charge in [0.15, 0.2) is 6.61 Å². The smallest absolute Gasteiger partial charge is 0.336 e. The van der Waals surface area contributed by atoms with E-state index in [4.69, 9.17) is 9.15 Å². The van der Waals surface area contributed by atoms with Crippen molar-refractivity contribution in [2.45, 2.75) is 13.0 Å². The van der Waals surface area contributed by atoms with Gasteiger partial charge in [0.25, 0.3) is 5.91 Å². The lowest BCUT2D eigenvalue weighted by Crippen LogP contribution is -2.39. The number of amides is 1. The fraction of sp³-hybridized carbons (Fsp3) is 0.333. The van der Waals surface area contributed by atoms with E-state index in [1.807, 2.05) is 14.0 Å². The normalized spacial score (nSPS) is 12.1. The van der Waals surface area contributed by atoms with Crippen LogP contribution in [0.2, 0.25) is 0 Å². The van der Waals surface area contributed by atoms with Gasteiger partial charge in [0.1, 0.15) is 11.3 Å². The first kappa shape index (κ1) is 15.1. The van der Waals surface area contributed by atoms with Gasteiger partial charge in [-0.1, -0.05) is 0 Å². The monoisotopic (exact) mass is 290 g/mol. The highest BCUT2D eigenvalue weighted by atomic mass is 16.5. The number of hydrogen-bond acceptors (Lipinski definition) is 5. The van der Waals surface area contributed by atoms with Crippen molar-refractivity contribution in [2.75, 3.05) is 20.2 Å². The molecule has 1 aromatic carbocycles. The molecule has 6 nitrogen and oxygen atoms in total. The lowest BCUT2D eigenvalue weighted by molar-refractivity contribution is -0.123. The van der Waals surface area contributed by atoms with Gasteiger partial charge in [-0.3, -0.25) is 4.79 Å². The number of rotatable bonds is 6. The third-order valence-corrected chi connectivity index (χ3v) is 3.06. The van der Waals surface area contributed by atoms with E-state index >= 15 is 0 Å².